The van der Waals surface area contributed by atoms with Gasteiger partial charge >= 0.3 is 11.9 Å². The fraction of sp³-hybridized carbons (Fsp3) is 0.318. The number of thioether (sulfide) groups is 1. The topological polar surface area (TPSA) is 74.2 Å². The highest BCUT2D eigenvalue weighted by Gasteiger charge is 2.52. The van der Waals surface area contributed by atoms with E-state index in [4.69, 9.17) is 14.2 Å². The number of esters is 2. The number of aliphatic imine (C=N–C) groups is 1. The van der Waals surface area contributed by atoms with Gasteiger partial charge in [-0.25, -0.2) is 14.0 Å². The number of fused-ring (bicyclic) bond motifs is 1. The summed E-state index contributed by atoms with van der Waals surface area (Å²) in [5, 5.41) is 0.735. The molecule has 2 aromatic carbocycles. The van der Waals surface area contributed by atoms with E-state index in [0.717, 1.165) is 5.04 Å². The van der Waals surface area contributed by atoms with Crippen molar-refractivity contribution >= 4 is 28.7 Å². The molecule has 2 aliphatic heterocycles. The van der Waals surface area contributed by atoms with E-state index in [1.54, 1.807) is 67.6 Å². The molecule has 4 rings (SSSR count). The largest absolute Gasteiger partial charge is 0.452 e. The van der Waals surface area contributed by atoms with Crippen LogP contribution in [0.15, 0.2) is 65.7 Å². The Morgan fingerprint density at radius 3 is 2.03 bits per heavy atom. The summed E-state index contributed by atoms with van der Waals surface area (Å²) >= 11 is 1.34. The van der Waals surface area contributed by atoms with E-state index in [2.05, 4.69) is 4.99 Å². The molecule has 6 nitrogen and oxygen atoms in total. The first-order valence-corrected chi connectivity index (χ1v) is 10.4. The van der Waals surface area contributed by atoms with Gasteiger partial charge in [-0.15, -0.1) is 0 Å². The minimum atomic E-state index is -1.13. The lowest BCUT2D eigenvalue weighted by molar-refractivity contribution is -0.161. The molecule has 5 atom stereocenters. The fourth-order valence-electron chi connectivity index (χ4n) is 3.47. The highest BCUT2D eigenvalue weighted by atomic mass is 32.2. The Labute approximate surface area is 177 Å². The highest BCUT2D eigenvalue weighted by Crippen LogP contribution is 2.39. The minimum Gasteiger partial charge on any atom is -0.452 e. The standard InChI is InChI=1S/C22H20FNO5S/c1-13-24-17-19(29-21(26)15-10-6-3-7-11-15)18(16(12-23)27-22(17)30-13)28-20(25)14-8-4-2-5-9-14/h2-11,16-19,22H,12H2,1H3/t16-,17-,18-,19-,22-/m1/s1. The first kappa shape index (κ1) is 20.6. The number of nitrogens with zero attached hydrogens (tertiary/aromatic N) is 1. The van der Waals surface area contributed by atoms with Crippen molar-refractivity contribution in [1.29, 1.82) is 0 Å². The number of benzene rings is 2. The Kier molecular flexibility index (Phi) is 6.15. The van der Waals surface area contributed by atoms with E-state index in [9.17, 15) is 14.0 Å². The predicted molar refractivity (Wildman–Crippen MR) is 110 cm³/mol. The fourth-order valence-corrected chi connectivity index (χ4v) is 4.54. The lowest BCUT2D eigenvalue weighted by atomic mass is 9.97. The molecule has 0 saturated carbocycles. The Bertz CT molecular complexity index is 939. The van der Waals surface area contributed by atoms with Gasteiger partial charge in [0.1, 0.15) is 24.3 Å². The number of halogens is 1. The summed E-state index contributed by atoms with van der Waals surface area (Å²) in [5.41, 5.74) is 0.147. The van der Waals surface area contributed by atoms with Crippen LogP contribution >= 0.6 is 11.8 Å². The smallest absolute Gasteiger partial charge is 0.338 e. The molecule has 2 aromatic rings. The van der Waals surface area contributed by atoms with Crippen LogP contribution in [0.25, 0.3) is 0 Å². The summed E-state index contributed by atoms with van der Waals surface area (Å²) in [7, 11) is 0. The van der Waals surface area contributed by atoms with E-state index in [-0.39, 0.29) is 0 Å². The van der Waals surface area contributed by atoms with Crippen molar-refractivity contribution in [2.24, 2.45) is 4.99 Å². The molecule has 2 heterocycles. The third-order valence-corrected chi connectivity index (χ3v) is 5.96. The van der Waals surface area contributed by atoms with Crippen molar-refractivity contribution in [3.8, 4) is 0 Å². The van der Waals surface area contributed by atoms with Gasteiger partial charge in [0.25, 0.3) is 0 Å². The van der Waals surface area contributed by atoms with E-state index in [1.165, 1.54) is 11.8 Å². The van der Waals surface area contributed by atoms with Crippen molar-refractivity contribution in [2.75, 3.05) is 6.67 Å². The summed E-state index contributed by atoms with van der Waals surface area (Å²) in [5.74, 6) is -1.24. The molecule has 0 N–H and O–H groups in total. The number of hydrogen-bond donors (Lipinski definition) is 0. The van der Waals surface area contributed by atoms with Gasteiger partial charge in [0.05, 0.1) is 16.2 Å². The number of carbonyl (C=O) groups excluding carboxylic acids is 2. The molecule has 0 radical (unpaired) electrons. The molecule has 0 amide bonds. The molecule has 1 fully saturated rings. The average molecular weight is 429 g/mol. The third kappa shape index (κ3) is 4.24. The Morgan fingerprint density at radius 2 is 1.50 bits per heavy atom. The van der Waals surface area contributed by atoms with Gasteiger partial charge in [-0.2, -0.15) is 0 Å². The molecule has 156 valence electrons. The number of ether oxygens (including phenoxy) is 3. The predicted octanol–water partition coefficient (Wildman–Crippen LogP) is 3.67. The molecule has 0 spiro atoms. The summed E-state index contributed by atoms with van der Waals surface area (Å²) in [6.45, 7) is 0.910. The van der Waals surface area contributed by atoms with Crippen LogP contribution in [0.4, 0.5) is 4.39 Å². The van der Waals surface area contributed by atoms with E-state index >= 15 is 0 Å². The number of alkyl halides is 1. The van der Waals surface area contributed by atoms with Crippen molar-refractivity contribution < 1.29 is 28.2 Å². The third-order valence-electron chi connectivity index (χ3n) is 4.89. The zero-order valence-electron chi connectivity index (χ0n) is 16.1. The van der Waals surface area contributed by atoms with Crippen LogP contribution in [0.5, 0.6) is 0 Å². The van der Waals surface area contributed by atoms with Gasteiger partial charge in [-0.3, -0.25) is 4.99 Å². The molecule has 2 aliphatic rings. The van der Waals surface area contributed by atoms with Crippen LogP contribution in [-0.4, -0.2) is 53.4 Å². The lowest BCUT2D eigenvalue weighted by Crippen LogP contribution is -2.58. The van der Waals surface area contributed by atoms with Gasteiger partial charge in [-0.1, -0.05) is 48.2 Å². The Balaban J connectivity index is 1.62. The van der Waals surface area contributed by atoms with Gasteiger partial charge < -0.3 is 14.2 Å². The number of carbonyl (C=O) groups is 2. The molecule has 0 bridgehead atoms. The van der Waals surface area contributed by atoms with Crippen LogP contribution in [0.2, 0.25) is 0 Å². The Hall–Kier alpha value is -2.71. The van der Waals surface area contributed by atoms with Crippen LogP contribution in [0, 0.1) is 0 Å². The molecule has 1 saturated heterocycles. The molecular formula is C22H20FNO5S. The van der Waals surface area contributed by atoms with Gasteiger partial charge in [0.15, 0.2) is 12.2 Å². The molecule has 0 aromatic heterocycles. The maximum absolute atomic E-state index is 13.9. The van der Waals surface area contributed by atoms with Crippen molar-refractivity contribution in [2.45, 2.75) is 36.7 Å². The summed E-state index contributed by atoms with van der Waals surface area (Å²) in [6.07, 6.45) is -3.18. The summed E-state index contributed by atoms with van der Waals surface area (Å²) in [4.78, 5) is 29.9. The molecule has 30 heavy (non-hydrogen) atoms. The summed E-state index contributed by atoms with van der Waals surface area (Å²) in [6, 6.07) is 16.2. The van der Waals surface area contributed by atoms with Crippen LogP contribution in [-0.2, 0) is 14.2 Å². The summed E-state index contributed by atoms with van der Waals surface area (Å²) < 4.78 is 31.0. The van der Waals surface area contributed by atoms with Gasteiger partial charge in [-0.05, 0) is 31.2 Å². The normalized spacial score (nSPS) is 27.7. The highest BCUT2D eigenvalue weighted by molar-refractivity contribution is 8.14. The van der Waals surface area contributed by atoms with E-state index in [1.807, 2.05) is 0 Å². The second kappa shape index (κ2) is 8.97. The van der Waals surface area contributed by atoms with Crippen molar-refractivity contribution in [3.05, 3.63) is 71.8 Å². The molecule has 0 unspecified atom stereocenters. The van der Waals surface area contributed by atoms with Crippen molar-refractivity contribution in [1.82, 2.24) is 0 Å². The average Bonchev–Trinajstić information content (AvgIpc) is 3.16. The quantitative estimate of drug-likeness (QED) is 0.676. The molecule has 0 aliphatic carbocycles. The van der Waals surface area contributed by atoms with E-state index in [0.29, 0.717) is 11.1 Å². The minimum absolute atomic E-state index is 0.311. The zero-order valence-corrected chi connectivity index (χ0v) is 17.0. The van der Waals surface area contributed by atoms with Gasteiger partial charge in [0.2, 0.25) is 0 Å². The zero-order chi connectivity index (χ0) is 21.1. The maximum atomic E-state index is 13.9. The first-order chi connectivity index (χ1) is 14.6. The van der Waals surface area contributed by atoms with Crippen LogP contribution < -0.4 is 0 Å². The molecular weight excluding hydrogens is 409 g/mol. The monoisotopic (exact) mass is 429 g/mol. The number of hydrogen-bond acceptors (Lipinski definition) is 7. The van der Waals surface area contributed by atoms with Crippen molar-refractivity contribution in [3.63, 3.8) is 0 Å². The van der Waals surface area contributed by atoms with Crippen LogP contribution in [0.1, 0.15) is 27.6 Å². The first-order valence-electron chi connectivity index (χ1n) is 9.51. The second-order valence-electron chi connectivity index (χ2n) is 6.93. The SMILES string of the molecule is CC1=N[C@@H]2[C@@H](OC(=O)c3ccccc3)[C@H](OC(=O)c3ccccc3)[C@@H](CF)O[C@@H]2S1. The molecule has 8 heteroatoms. The van der Waals surface area contributed by atoms with Gasteiger partial charge in [0, 0.05) is 0 Å². The lowest BCUT2D eigenvalue weighted by Gasteiger charge is -2.41. The second-order valence-corrected chi connectivity index (χ2v) is 8.22. The maximum Gasteiger partial charge on any atom is 0.338 e. The van der Waals surface area contributed by atoms with Crippen LogP contribution in [0.3, 0.4) is 0 Å². The number of rotatable bonds is 5. The van der Waals surface area contributed by atoms with E-state index < -0.39 is 48.4 Å². The Morgan fingerprint density at radius 1 is 0.967 bits per heavy atom.